The zero-order chi connectivity index (χ0) is 11.4. The van der Waals surface area contributed by atoms with Crippen LogP contribution in [0, 0.1) is 0 Å². The molecule has 4 heteroatoms. The molecule has 0 aromatic rings. The van der Waals surface area contributed by atoms with E-state index in [-0.39, 0.29) is 6.09 Å². The first-order valence-electron chi connectivity index (χ1n) is 5.77. The van der Waals surface area contributed by atoms with Gasteiger partial charge in [-0.3, -0.25) is 0 Å². The Morgan fingerprint density at radius 2 is 1.93 bits per heavy atom. The molecular weight excluding hydrogens is 258 g/mol. The maximum absolute atomic E-state index is 11.1. The van der Waals surface area contributed by atoms with Crippen LogP contribution in [0.15, 0.2) is 0 Å². The SMILES string of the molecule is CCCCOC(=O)NCCCCCCBr. The zero-order valence-corrected chi connectivity index (χ0v) is 11.1. The minimum atomic E-state index is -0.274. The lowest BCUT2D eigenvalue weighted by atomic mass is 10.2. The van der Waals surface area contributed by atoms with Gasteiger partial charge in [-0.25, -0.2) is 4.79 Å². The van der Waals surface area contributed by atoms with Crippen LogP contribution in [0.5, 0.6) is 0 Å². The van der Waals surface area contributed by atoms with Gasteiger partial charge in [0, 0.05) is 11.9 Å². The third kappa shape index (κ3) is 11.7. The molecule has 0 spiro atoms. The second-order valence-electron chi connectivity index (χ2n) is 3.52. The number of unbranched alkanes of at least 4 members (excludes halogenated alkanes) is 4. The molecule has 0 bridgehead atoms. The highest BCUT2D eigenvalue weighted by molar-refractivity contribution is 9.09. The molecule has 0 aliphatic carbocycles. The van der Waals surface area contributed by atoms with Gasteiger partial charge in [0.15, 0.2) is 0 Å². The number of alkyl carbamates (subject to hydrolysis) is 1. The van der Waals surface area contributed by atoms with E-state index in [1.165, 1.54) is 19.3 Å². The third-order valence-electron chi connectivity index (χ3n) is 2.06. The minimum absolute atomic E-state index is 0.274. The van der Waals surface area contributed by atoms with E-state index in [4.69, 9.17) is 4.74 Å². The lowest BCUT2D eigenvalue weighted by Crippen LogP contribution is -2.25. The predicted octanol–water partition coefficient (Wildman–Crippen LogP) is 3.47. The summed E-state index contributed by atoms with van der Waals surface area (Å²) in [5.41, 5.74) is 0. The molecule has 0 aromatic heterocycles. The van der Waals surface area contributed by atoms with Crippen LogP contribution in [-0.2, 0) is 4.74 Å². The van der Waals surface area contributed by atoms with Crippen molar-refractivity contribution in [3.8, 4) is 0 Å². The van der Waals surface area contributed by atoms with Crippen LogP contribution < -0.4 is 5.32 Å². The van der Waals surface area contributed by atoms with Crippen LogP contribution in [0.4, 0.5) is 4.79 Å². The topological polar surface area (TPSA) is 38.3 Å². The van der Waals surface area contributed by atoms with E-state index in [0.717, 1.165) is 31.1 Å². The van der Waals surface area contributed by atoms with Gasteiger partial charge >= 0.3 is 6.09 Å². The van der Waals surface area contributed by atoms with Gasteiger partial charge in [0.1, 0.15) is 0 Å². The number of nitrogens with one attached hydrogen (secondary N) is 1. The number of carbonyl (C=O) groups excluding carboxylic acids is 1. The minimum Gasteiger partial charge on any atom is -0.450 e. The first kappa shape index (κ1) is 14.8. The number of alkyl halides is 1. The Balaban J connectivity index is 3.10. The number of hydrogen-bond acceptors (Lipinski definition) is 2. The fourth-order valence-electron chi connectivity index (χ4n) is 1.12. The van der Waals surface area contributed by atoms with E-state index in [9.17, 15) is 4.79 Å². The zero-order valence-electron chi connectivity index (χ0n) is 9.56. The van der Waals surface area contributed by atoms with E-state index in [0.29, 0.717) is 6.61 Å². The number of amides is 1. The summed E-state index contributed by atoms with van der Waals surface area (Å²) >= 11 is 3.39. The largest absolute Gasteiger partial charge is 0.450 e. The number of carbonyl (C=O) groups is 1. The fraction of sp³-hybridized carbons (Fsp3) is 0.909. The summed E-state index contributed by atoms with van der Waals surface area (Å²) in [7, 11) is 0. The van der Waals surface area contributed by atoms with E-state index in [1.54, 1.807) is 0 Å². The van der Waals surface area contributed by atoms with Gasteiger partial charge in [0.2, 0.25) is 0 Å². The fourth-order valence-corrected chi connectivity index (χ4v) is 1.52. The van der Waals surface area contributed by atoms with Gasteiger partial charge in [-0.1, -0.05) is 42.1 Å². The van der Waals surface area contributed by atoms with Crippen molar-refractivity contribution in [2.45, 2.75) is 45.4 Å². The molecular formula is C11H22BrNO2. The molecule has 15 heavy (non-hydrogen) atoms. The molecule has 90 valence electrons. The van der Waals surface area contributed by atoms with Crippen molar-refractivity contribution in [1.82, 2.24) is 5.32 Å². The van der Waals surface area contributed by atoms with E-state index in [1.807, 2.05) is 0 Å². The van der Waals surface area contributed by atoms with Crippen molar-refractivity contribution in [2.24, 2.45) is 0 Å². The first-order valence-corrected chi connectivity index (χ1v) is 6.90. The van der Waals surface area contributed by atoms with Crippen molar-refractivity contribution in [3.63, 3.8) is 0 Å². The third-order valence-corrected chi connectivity index (χ3v) is 2.62. The van der Waals surface area contributed by atoms with Crippen LogP contribution in [0.3, 0.4) is 0 Å². The molecule has 1 amide bonds. The molecule has 0 radical (unpaired) electrons. The van der Waals surface area contributed by atoms with E-state index < -0.39 is 0 Å². The smallest absolute Gasteiger partial charge is 0.407 e. The molecule has 0 rings (SSSR count). The number of hydrogen-bond donors (Lipinski definition) is 1. The van der Waals surface area contributed by atoms with Crippen molar-refractivity contribution in [3.05, 3.63) is 0 Å². The molecule has 0 heterocycles. The molecule has 0 fully saturated rings. The van der Waals surface area contributed by atoms with Crippen LogP contribution >= 0.6 is 15.9 Å². The summed E-state index contributed by atoms with van der Waals surface area (Å²) in [6, 6.07) is 0. The molecule has 0 unspecified atom stereocenters. The van der Waals surface area contributed by atoms with Crippen molar-refractivity contribution in [1.29, 1.82) is 0 Å². The summed E-state index contributed by atoms with van der Waals surface area (Å²) < 4.78 is 4.95. The Morgan fingerprint density at radius 1 is 1.20 bits per heavy atom. The standard InChI is InChI=1S/C11H22BrNO2/c1-2-3-10-15-11(14)13-9-7-5-4-6-8-12/h2-10H2,1H3,(H,13,14). The Morgan fingerprint density at radius 3 is 2.60 bits per heavy atom. The highest BCUT2D eigenvalue weighted by Crippen LogP contribution is 2.00. The summed E-state index contributed by atoms with van der Waals surface area (Å²) in [5.74, 6) is 0. The van der Waals surface area contributed by atoms with Crippen LogP contribution in [0.1, 0.15) is 45.4 Å². The average molecular weight is 280 g/mol. The second kappa shape index (κ2) is 11.8. The highest BCUT2D eigenvalue weighted by atomic mass is 79.9. The molecule has 3 nitrogen and oxygen atoms in total. The molecule has 1 N–H and O–H groups in total. The number of halogens is 1. The molecule has 0 aliphatic rings. The Labute approximate surface area is 101 Å². The van der Waals surface area contributed by atoms with Crippen LogP contribution in [-0.4, -0.2) is 24.6 Å². The second-order valence-corrected chi connectivity index (χ2v) is 4.31. The average Bonchev–Trinajstić information content (AvgIpc) is 2.23. The lowest BCUT2D eigenvalue weighted by Gasteiger charge is -2.05. The van der Waals surface area contributed by atoms with Crippen molar-refractivity contribution < 1.29 is 9.53 Å². The molecule has 0 aromatic carbocycles. The monoisotopic (exact) mass is 279 g/mol. The number of ether oxygens (including phenoxy) is 1. The Kier molecular flexibility index (Phi) is 11.6. The molecule has 0 aliphatic heterocycles. The maximum atomic E-state index is 11.1. The van der Waals surface area contributed by atoms with E-state index >= 15 is 0 Å². The van der Waals surface area contributed by atoms with E-state index in [2.05, 4.69) is 28.2 Å². The van der Waals surface area contributed by atoms with Crippen LogP contribution in [0.2, 0.25) is 0 Å². The van der Waals surface area contributed by atoms with Gasteiger partial charge in [-0.05, 0) is 19.3 Å². The predicted molar refractivity (Wildman–Crippen MR) is 66.5 cm³/mol. The summed E-state index contributed by atoms with van der Waals surface area (Å²) in [6.45, 7) is 3.34. The van der Waals surface area contributed by atoms with Crippen LogP contribution in [0.25, 0.3) is 0 Å². The van der Waals surface area contributed by atoms with Crippen molar-refractivity contribution >= 4 is 22.0 Å². The lowest BCUT2D eigenvalue weighted by molar-refractivity contribution is 0.144. The maximum Gasteiger partial charge on any atom is 0.407 e. The Bertz CT molecular complexity index is 154. The van der Waals surface area contributed by atoms with Gasteiger partial charge in [-0.15, -0.1) is 0 Å². The van der Waals surface area contributed by atoms with Gasteiger partial charge in [0.05, 0.1) is 6.61 Å². The normalized spacial score (nSPS) is 10.0. The van der Waals surface area contributed by atoms with Crippen molar-refractivity contribution in [2.75, 3.05) is 18.5 Å². The quantitative estimate of drug-likeness (QED) is 0.519. The highest BCUT2D eigenvalue weighted by Gasteiger charge is 1.99. The van der Waals surface area contributed by atoms with Gasteiger partial charge < -0.3 is 10.1 Å². The Hall–Kier alpha value is -0.250. The molecule has 0 saturated heterocycles. The molecule has 0 atom stereocenters. The first-order chi connectivity index (χ1) is 7.31. The van der Waals surface area contributed by atoms with Gasteiger partial charge in [-0.2, -0.15) is 0 Å². The molecule has 0 saturated carbocycles. The summed E-state index contributed by atoms with van der Waals surface area (Å²) in [4.78, 5) is 11.1. The van der Waals surface area contributed by atoms with Gasteiger partial charge in [0.25, 0.3) is 0 Å². The summed E-state index contributed by atoms with van der Waals surface area (Å²) in [6.07, 6.45) is 6.36. The summed E-state index contributed by atoms with van der Waals surface area (Å²) in [5, 5.41) is 3.81. The number of rotatable bonds is 9.